The van der Waals surface area contributed by atoms with Crippen molar-refractivity contribution in [2.24, 2.45) is 0 Å². The summed E-state index contributed by atoms with van der Waals surface area (Å²) in [6.45, 7) is 6.24. The van der Waals surface area contributed by atoms with E-state index in [1.807, 2.05) is 43.3 Å². The number of aryl methyl sites for hydroxylation is 2. The predicted octanol–water partition coefficient (Wildman–Crippen LogP) is 5.98. The highest BCUT2D eigenvalue weighted by Gasteiger charge is 2.17. The normalized spacial score (nSPS) is 11.2. The van der Waals surface area contributed by atoms with Gasteiger partial charge in [0.05, 0.1) is 15.9 Å². The van der Waals surface area contributed by atoms with Gasteiger partial charge >= 0.3 is 0 Å². The monoisotopic (exact) mass is 561 g/mol. The second-order valence-electron chi connectivity index (χ2n) is 6.99. The van der Waals surface area contributed by atoms with E-state index in [9.17, 15) is 10.1 Å². The topological polar surface area (TPSA) is 77.1 Å². The van der Waals surface area contributed by atoms with Crippen molar-refractivity contribution in [3.05, 3.63) is 79.1 Å². The zero-order chi connectivity index (χ0) is 23.3. The molecule has 0 N–H and O–H groups in total. The first kappa shape index (κ1) is 23.8. The molecule has 0 atom stereocenters. The van der Waals surface area contributed by atoms with Crippen molar-refractivity contribution in [2.75, 3.05) is 6.61 Å². The second-order valence-corrected chi connectivity index (χ2v) is 8.59. The molecular weight excluding hydrogens is 541 g/mol. The fourth-order valence-electron chi connectivity index (χ4n) is 3.07. The van der Waals surface area contributed by atoms with Crippen LogP contribution in [0.4, 0.5) is 0 Å². The minimum Gasteiger partial charge on any atom is -0.490 e. The molecule has 1 aromatic heterocycles. The molecule has 0 radical (unpaired) electrons. The van der Waals surface area contributed by atoms with E-state index >= 15 is 0 Å². The van der Waals surface area contributed by atoms with Gasteiger partial charge in [0.2, 0.25) is 0 Å². The molecule has 3 rings (SSSR count). The van der Waals surface area contributed by atoms with Crippen LogP contribution in [-0.2, 0) is 6.61 Å². The number of rotatable bonds is 7. The lowest BCUT2D eigenvalue weighted by molar-refractivity contribution is 0.0943. The summed E-state index contributed by atoms with van der Waals surface area (Å²) in [6, 6.07) is 14.8. The minimum absolute atomic E-state index is 0.0238. The van der Waals surface area contributed by atoms with Crippen LogP contribution in [0.25, 0.3) is 6.08 Å². The van der Waals surface area contributed by atoms with Crippen LogP contribution in [0.15, 0.2) is 48.0 Å². The zero-order valence-electron chi connectivity index (χ0n) is 17.9. The number of aromatic nitrogens is 2. The maximum absolute atomic E-state index is 12.8. The van der Waals surface area contributed by atoms with Gasteiger partial charge < -0.3 is 9.47 Å². The quantitative estimate of drug-likeness (QED) is 0.201. The number of carbonyl (C=O) groups excluding carboxylic acids is 1. The molecule has 0 bridgehead atoms. The van der Waals surface area contributed by atoms with Gasteiger partial charge in [0, 0.05) is 10.7 Å². The van der Waals surface area contributed by atoms with Crippen molar-refractivity contribution in [2.45, 2.75) is 27.4 Å². The Kier molecular flexibility index (Phi) is 7.94. The lowest BCUT2D eigenvalue weighted by Gasteiger charge is -2.15. The van der Waals surface area contributed by atoms with Crippen LogP contribution in [0.1, 0.15) is 34.2 Å². The summed E-state index contributed by atoms with van der Waals surface area (Å²) >= 11 is 8.10. The Labute approximate surface area is 205 Å². The lowest BCUT2D eigenvalue weighted by Crippen LogP contribution is -2.15. The molecule has 2 aromatic carbocycles. The van der Waals surface area contributed by atoms with Crippen LogP contribution in [0.2, 0.25) is 5.02 Å². The number of nitrogens with zero attached hydrogens (tertiary/aromatic N) is 3. The van der Waals surface area contributed by atoms with Crippen molar-refractivity contribution in [3.8, 4) is 17.6 Å². The van der Waals surface area contributed by atoms with Gasteiger partial charge in [-0.05, 0) is 90.9 Å². The average molecular weight is 562 g/mol. The molecular formula is C24H21ClIN3O3. The van der Waals surface area contributed by atoms with E-state index in [4.69, 9.17) is 21.1 Å². The third kappa shape index (κ3) is 5.69. The molecule has 0 aliphatic carbocycles. The van der Waals surface area contributed by atoms with E-state index in [2.05, 4.69) is 27.7 Å². The molecule has 0 amide bonds. The highest BCUT2D eigenvalue weighted by molar-refractivity contribution is 14.1. The maximum Gasteiger partial charge on any atom is 0.289 e. The Morgan fingerprint density at radius 3 is 2.53 bits per heavy atom. The average Bonchev–Trinajstić information content (AvgIpc) is 3.10. The van der Waals surface area contributed by atoms with Gasteiger partial charge in [0.15, 0.2) is 11.5 Å². The summed E-state index contributed by atoms with van der Waals surface area (Å²) in [4.78, 5) is 12.8. The van der Waals surface area contributed by atoms with Gasteiger partial charge in [-0.3, -0.25) is 4.79 Å². The SMILES string of the molecule is CCOc1cc(/C=C(\C#N)C(=O)n2nc(C)cc2C)cc(I)c1OCc1ccc(Cl)cc1. The Morgan fingerprint density at radius 1 is 1.22 bits per heavy atom. The van der Waals surface area contributed by atoms with Crippen LogP contribution in [0, 0.1) is 28.7 Å². The number of hydrogen-bond acceptors (Lipinski definition) is 5. The second kappa shape index (κ2) is 10.7. The van der Waals surface area contributed by atoms with E-state index in [1.54, 1.807) is 26.0 Å². The van der Waals surface area contributed by atoms with Crippen LogP contribution in [0.5, 0.6) is 11.5 Å². The molecule has 164 valence electrons. The number of halogens is 2. The van der Waals surface area contributed by atoms with Crippen molar-refractivity contribution < 1.29 is 14.3 Å². The summed E-state index contributed by atoms with van der Waals surface area (Å²) in [5, 5.41) is 14.4. The third-order valence-corrected chi connectivity index (χ3v) is 5.55. The highest BCUT2D eigenvalue weighted by atomic mass is 127. The molecule has 3 aromatic rings. The molecule has 0 saturated carbocycles. The highest BCUT2D eigenvalue weighted by Crippen LogP contribution is 2.35. The Hall–Kier alpha value is -2.83. The van der Waals surface area contributed by atoms with E-state index < -0.39 is 5.91 Å². The van der Waals surface area contributed by atoms with Gasteiger partial charge in [-0.2, -0.15) is 10.4 Å². The van der Waals surface area contributed by atoms with E-state index in [-0.39, 0.29) is 5.57 Å². The maximum atomic E-state index is 12.8. The molecule has 32 heavy (non-hydrogen) atoms. The van der Waals surface area contributed by atoms with Crippen molar-refractivity contribution >= 4 is 46.2 Å². The van der Waals surface area contributed by atoms with Crippen molar-refractivity contribution in [1.29, 1.82) is 5.26 Å². The number of carbonyl (C=O) groups is 1. The largest absolute Gasteiger partial charge is 0.490 e. The van der Waals surface area contributed by atoms with Gasteiger partial charge in [-0.15, -0.1) is 0 Å². The van der Waals surface area contributed by atoms with Crippen molar-refractivity contribution in [3.63, 3.8) is 0 Å². The fraction of sp³-hybridized carbons (Fsp3) is 0.208. The minimum atomic E-state index is -0.478. The van der Waals surface area contributed by atoms with Crippen molar-refractivity contribution in [1.82, 2.24) is 9.78 Å². The molecule has 0 aliphatic rings. The van der Waals surface area contributed by atoms with E-state index in [0.29, 0.717) is 46.7 Å². The number of benzene rings is 2. The van der Waals surface area contributed by atoms with Crippen LogP contribution >= 0.6 is 34.2 Å². The third-order valence-electron chi connectivity index (χ3n) is 4.49. The van der Waals surface area contributed by atoms with E-state index in [1.165, 1.54) is 10.8 Å². The molecule has 0 aliphatic heterocycles. The van der Waals surface area contributed by atoms with Gasteiger partial charge in [0.25, 0.3) is 5.91 Å². The number of nitriles is 1. The van der Waals surface area contributed by atoms with Gasteiger partial charge in [0.1, 0.15) is 18.2 Å². The first-order chi connectivity index (χ1) is 15.3. The number of allylic oxidation sites excluding steroid dienone is 1. The molecule has 1 heterocycles. The first-order valence-corrected chi connectivity index (χ1v) is 11.3. The Balaban J connectivity index is 1.91. The molecule has 0 unspecified atom stereocenters. The number of hydrogen-bond donors (Lipinski definition) is 0. The number of ether oxygens (including phenoxy) is 2. The Bertz CT molecular complexity index is 1210. The fourth-order valence-corrected chi connectivity index (χ4v) is 3.97. The smallest absolute Gasteiger partial charge is 0.289 e. The Morgan fingerprint density at radius 2 is 1.94 bits per heavy atom. The standard InChI is InChI=1S/C24H21ClIN3O3/c1-4-31-22-12-18(10-19(13-27)24(30)29-16(3)9-15(2)28-29)11-21(26)23(22)32-14-17-5-7-20(25)8-6-17/h5-12H,4,14H2,1-3H3/b19-10+. The molecule has 6 nitrogen and oxygen atoms in total. The molecule has 0 spiro atoms. The molecule has 8 heteroatoms. The van der Waals surface area contributed by atoms with Gasteiger partial charge in [-0.1, -0.05) is 23.7 Å². The summed E-state index contributed by atoms with van der Waals surface area (Å²) in [6.07, 6.45) is 1.53. The van der Waals surface area contributed by atoms with E-state index in [0.717, 1.165) is 9.13 Å². The molecule has 0 fully saturated rings. The molecule has 0 saturated heterocycles. The predicted molar refractivity (Wildman–Crippen MR) is 132 cm³/mol. The zero-order valence-corrected chi connectivity index (χ0v) is 20.8. The van der Waals surface area contributed by atoms with Crippen LogP contribution in [-0.4, -0.2) is 22.3 Å². The summed E-state index contributed by atoms with van der Waals surface area (Å²) < 4.78 is 13.8. The first-order valence-electron chi connectivity index (χ1n) is 9.85. The van der Waals surface area contributed by atoms with Crippen LogP contribution in [0.3, 0.4) is 0 Å². The van der Waals surface area contributed by atoms with Crippen LogP contribution < -0.4 is 9.47 Å². The summed E-state index contributed by atoms with van der Waals surface area (Å²) in [5.41, 5.74) is 2.99. The summed E-state index contributed by atoms with van der Waals surface area (Å²) in [7, 11) is 0. The summed E-state index contributed by atoms with van der Waals surface area (Å²) in [5.74, 6) is 0.660. The van der Waals surface area contributed by atoms with Gasteiger partial charge in [-0.25, -0.2) is 4.68 Å². The lowest BCUT2D eigenvalue weighted by atomic mass is 10.1.